The molecule has 0 bridgehead atoms. The topological polar surface area (TPSA) is 56.4 Å². The van der Waals surface area contributed by atoms with Crippen LogP contribution < -0.4 is 0 Å². The molecule has 1 N–H and O–H groups in total. The van der Waals surface area contributed by atoms with E-state index in [0.29, 0.717) is 19.5 Å². The summed E-state index contributed by atoms with van der Waals surface area (Å²) in [6, 6.07) is 8.25. The zero-order chi connectivity index (χ0) is 15.8. The third kappa shape index (κ3) is 2.72. The predicted molar refractivity (Wildman–Crippen MR) is 91.5 cm³/mol. The summed E-state index contributed by atoms with van der Waals surface area (Å²) in [5.74, 6) is 0.987. The molecule has 4 rings (SSSR count). The van der Waals surface area contributed by atoms with Crippen molar-refractivity contribution in [2.24, 2.45) is 0 Å². The highest BCUT2D eigenvalue weighted by Crippen LogP contribution is 2.28. The van der Waals surface area contributed by atoms with Gasteiger partial charge in [0.15, 0.2) is 0 Å². The molecule has 1 aromatic heterocycles. The largest absolute Gasteiger partial charge is 0.358 e. The Kier molecular flexibility index (Phi) is 3.77. The van der Waals surface area contributed by atoms with Crippen molar-refractivity contribution < 1.29 is 9.59 Å². The number of aromatic nitrogens is 1. The molecule has 6 heteroatoms. The van der Waals surface area contributed by atoms with Crippen LogP contribution >= 0.6 is 11.8 Å². The van der Waals surface area contributed by atoms with E-state index in [1.807, 2.05) is 17.0 Å². The maximum atomic E-state index is 12.5. The molecule has 0 spiro atoms. The predicted octanol–water partition coefficient (Wildman–Crippen LogP) is 2.61. The Labute approximate surface area is 139 Å². The molecule has 1 fully saturated rings. The van der Waals surface area contributed by atoms with Gasteiger partial charge in [-0.2, -0.15) is 0 Å². The van der Waals surface area contributed by atoms with E-state index >= 15 is 0 Å². The number of benzene rings is 1. The second kappa shape index (κ2) is 5.92. The lowest BCUT2D eigenvalue weighted by molar-refractivity contribution is -0.132. The third-order valence-corrected chi connectivity index (χ3v) is 5.57. The molecular formula is C17H19N3O2S. The van der Waals surface area contributed by atoms with E-state index in [1.54, 1.807) is 4.90 Å². The number of aromatic amines is 1. The van der Waals surface area contributed by atoms with E-state index in [0.717, 1.165) is 30.8 Å². The summed E-state index contributed by atoms with van der Waals surface area (Å²) < 4.78 is 0. The van der Waals surface area contributed by atoms with E-state index in [4.69, 9.17) is 0 Å². The number of rotatable bonds is 3. The first kappa shape index (κ1) is 14.6. The van der Waals surface area contributed by atoms with Crippen molar-refractivity contribution in [3.63, 3.8) is 0 Å². The number of hydrogen-bond donors (Lipinski definition) is 1. The summed E-state index contributed by atoms with van der Waals surface area (Å²) in [5.41, 5.74) is 3.64. The van der Waals surface area contributed by atoms with Gasteiger partial charge in [0.05, 0.1) is 0 Å². The molecule has 3 heterocycles. The minimum atomic E-state index is 0.107. The first-order valence-electron chi connectivity index (χ1n) is 8.00. The van der Waals surface area contributed by atoms with Crippen LogP contribution in [0.4, 0.5) is 4.79 Å². The van der Waals surface area contributed by atoms with Crippen LogP contribution in [0.1, 0.15) is 17.7 Å². The zero-order valence-corrected chi connectivity index (χ0v) is 13.7. The Balaban J connectivity index is 1.44. The van der Waals surface area contributed by atoms with Gasteiger partial charge in [0.25, 0.3) is 5.24 Å². The van der Waals surface area contributed by atoms with Crippen LogP contribution in [0.5, 0.6) is 0 Å². The number of amides is 2. The lowest BCUT2D eigenvalue weighted by Gasteiger charge is -2.28. The Morgan fingerprint density at radius 1 is 1.26 bits per heavy atom. The lowest BCUT2D eigenvalue weighted by atomic mass is 10.0. The second-order valence-electron chi connectivity index (χ2n) is 6.04. The summed E-state index contributed by atoms with van der Waals surface area (Å²) in [6.07, 6.45) is 1.29. The Bertz CT molecular complexity index is 770. The zero-order valence-electron chi connectivity index (χ0n) is 12.9. The molecule has 1 aromatic carbocycles. The van der Waals surface area contributed by atoms with Gasteiger partial charge in [-0.1, -0.05) is 30.0 Å². The molecule has 0 radical (unpaired) electrons. The summed E-state index contributed by atoms with van der Waals surface area (Å²) in [7, 11) is 0. The normalized spacial score (nSPS) is 17.8. The van der Waals surface area contributed by atoms with Gasteiger partial charge in [0.1, 0.15) is 0 Å². The molecule has 23 heavy (non-hydrogen) atoms. The molecule has 0 atom stereocenters. The van der Waals surface area contributed by atoms with Crippen LogP contribution in [0.3, 0.4) is 0 Å². The van der Waals surface area contributed by atoms with Gasteiger partial charge in [-0.25, -0.2) is 0 Å². The van der Waals surface area contributed by atoms with Crippen molar-refractivity contribution in [1.29, 1.82) is 0 Å². The minimum Gasteiger partial charge on any atom is -0.358 e. The van der Waals surface area contributed by atoms with Gasteiger partial charge in [0.2, 0.25) is 5.91 Å². The van der Waals surface area contributed by atoms with Crippen LogP contribution in [0.2, 0.25) is 0 Å². The Hall–Kier alpha value is -1.95. The maximum Gasteiger partial charge on any atom is 0.281 e. The number of para-hydroxylation sites is 1. The first-order valence-corrected chi connectivity index (χ1v) is 8.99. The van der Waals surface area contributed by atoms with Crippen molar-refractivity contribution in [2.45, 2.75) is 19.4 Å². The smallest absolute Gasteiger partial charge is 0.281 e. The SMILES string of the molecule is O=C(CCN1CCSC1=O)N1CCc2[nH]c3ccccc3c2C1. The van der Waals surface area contributed by atoms with Crippen LogP contribution in [0, 0.1) is 0 Å². The van der Waals surface area contributed by atoms with Gasteiger partial charge < -0.3 is 14.8 Å². The second-order valence-corrected chi connectivity index (χ2v) is 7.09. The standard InChI is InChI=1S/C17H19N3O2S/c21-16(6-8-19-9-10-23-17(19)22)20-7-5-15-13(11-20)12-3-1-2-4-14(12)18-15/h1-4,18H,5-11H2. The highest BCUT2D eigenvalue weighted by molar-refractivity contribution is 8.13. The third-order valence-electron chi connectivity index (χ3n) is 4.68. The fourth-order valence-corrected chi connectivity index (χ4v) is 4.25. The lowest BCUT2D eigenvalue weighted by Crippen LogP contribution is -2.38. The van der Waals surface area contributed by atoms with E-state index in [-0.39, 0.29) is 11.1 Å². The van der Waals surface area contributed by atoms with Crippen LogP contribution in [0.15, 0.2) is 24.3 Å². The van der Waals surface area contributed by atoms with E-state index in [9.17, 15) is 9.59 Å². The minimum absolute atomic E-state index is 0.107. The molecule has 120 valence electrons. The van der Waals surface area contributed by atoms with E-state index < -0.39 is 0 Å². The van der Waals surface area contributed by atoms with Crippen LogP contribution in [-0.4, -0.2) is 51.3 Å². The van der Waals surface area contributed by atoms with Gasteiger partial charge in [-0.3, -0.25) is 9.59 Å². The fourth-order valence-electron chi connectivity index (χ4n) is 3.40. The number of carbonyl (C=O) groups excluding carboxylic acids is 2. The summed E-state index contributed by atoms with van der Waals surface area (Å²) in [5, 5.41) is 1.32. The number of thioether (sulfide) groups is 1. The summed E-state index contributed by atoms with van der Waals surface area (Å²) in [6.45, 7) is 2.73. The number of nitrogens with one attached hydrogen (secondary N) is 1. The van der Waals surface area contributed by atoms with E-state index in [1.165, 1.54) is 28.4 Å². The fraction of sp³-hybridized carbons (Fsp3) is 0.412. The number of nitrogens with zero attached hydrogens (tertiary/aromatic N) is 2. The van der Waals surface area contributed by atoms with Crippen LogP contribution in [0.25, 0.3) is 10.9 Å². The number of fused-ring (bicyclic) bond motifs is 3. The quantitative estimate of drug-likeness (QED) is 0.942. The van der Waals surface area contributed by atoms with Crippen molar-refractivity contribution >= 4 is 33.8 Å². The first-order chi connectivity index (χ1) is 11.2. The van der Waals surface area contributed by atoms with Gasteiger partial charge >= 0.3 is 0 Å². The average molecular weight is 329 g/mol. The molecular weight excluding hydrogens is 310 g/mol. The van der Waals surface area contributed by atoms with Gasteiger partial charge in [0, 0.05) is 66.9 Å². The molecule has 1 saturated heterocycles. The molecule has 2 aliphatic heterocycles. The molecule has 0 saturated carbocycles. The van der Waals surface area contributed by atoms with Crippen molar-refractivity contribution in [2.75, 3.05) is 25.4 Å². The Morgan fingerprint density at radius 2 is 2.13 bits per heavy atom. The van der Waals surface area contributed by atoms with Gasteiger partial charge in [-0.15, -0.1) is 0 Å². The molecule has 0 unspecified atom stereocenters. The highest BCUT2D eigenvalue weighted by atomic mass is 32.2. The average Bonchev–Trinajstić information content (AvgIpc) is 3.15. The van der Waals surface area contributed by atoms with Crippen LogP contribution in [-0.2, 0) is 17.8 Å². The number of carbonyl (C=O) groups is 2. The monoisotopic (exact) mass is 329 g/mol. The Morgan fingerprint density at radius 3 is 2.96 bits per heavy atom. The van der Waals surface area contributed by atoms with Crippen molar-refractivity contribution in [3.05, 3.63) is 35.5 Å². The number of H-pyrrole nitrogens is 1. The summed E-state index contributed by atoms with van der Waals surface area (Å²) in [4.78, 5) is 31.3. The van der Waals surface area contributed by atoms with Crippen molar-refractivity contribution in [1.82, 2.24) is 14.8 Å². The number of hydrogen-bond acceptors (Lipinski definition) is 3. The van der Waals surface area contributed by atoms with Gasteiger partial charge in [-0.05, 0) is 6.07 Å². The maximum absolute atomic E-state index is 12.5. The van der Waals surface area contributed by atoms with E-state index in [2.05, 4.69) is 17.1 Å². The highest BCUT2D eigenvalue weighted by Gasteiger charge is 2.26. The summed E-state index contributed by atoms with van der Waals surface area (Å²) >= 11 is 1.34. The molecule has 0 aliphatic carbocycles. The molecule has 5 nitrogen and oxygen atoms in total. The molecule has 2 aromatic rings. The molecule has 2 aliphatic rings. The van der Waals surface area contributed by atoms with Crippen molar-refractivity contribution in [3.8, 4) is 0 Å². The molecule has 2 amide bonds.